The van der Waals surface area contributed by atoms with Crippen molar-refractivity contribution in [3.8, 4) is 0 Å². The first kappa shape index (κ1) is 12.6. The number of rotatable bonds is 2. The Hall–Kier alpha value is -1.51. The summed E-state index contributed by atoms with van der Waals surface area (Å²) in [6, 6.07) is 0. The van der Waals surface area contributed by atoms with Crippen LogP contribution in [0.2, 0.25) is 0 Å². The maximum Gasteiger partial charge on any atom is 0.420 e. The second kappa shape index (κ2) is 3.51. The zero-order valence-electron chi connectivity index (χ0n) is 7.79. The van der Waals surface area contributed by atoms with Gasteiger partial charge in [0.2, 0.25) is 0 Å². The quantitative estimate of drug-likeness (QED) is 0.831. The summed E-state index contributed by atoms with van der Waals surface area (Å²) in [5, 5.41) is 8.48. The van der Waals surface area contributed by atoms with Gasteiger partial charge >= 0.3 is 12.1 Å². The van der Waals surface area contributed by atoms with E-state index in [1.54, 1.807) is 4.98 Å². The van der Waals surface area contributed by atoms with Crippen molar-refractivity contribution >= 4 is 15.8 Å². The minimum absolute atomic E-state index is 0.515. The molecule has 0 aromatic carbocycles. The van der Waals surface area contributed by atoms with Crippen LogP contribution in [0.25, 0.3) is 0 Å². The van der Waals surface area contributed by atoms with E-state index >= 15 is 0 Å². The molecule has 0 aliphatic rings. The second-order valence-corrected chi connectivity index (χ2v) is 4.96. The lowest BCUT2D eigenvalue weighted by Gasteiger charge is -2.07. The highest BCUT2D eigenvalue weighted by atomic mass is 32.2. The van der Waals surface area contributed by atoms with Crippen LogP contribution in [0.3, 0.4) is 0 Å². The largest absolute Gasteiger partial charge is 0.477 e. The van der Waals surface area contributed by atoms with Gasteiger partial charge < -0.3 is 10.1 Å². The molecule has 16 heavy (non-hydrogen) atoms. The van der Waals surface area contributed by atoms with Crippen molar-refractivity contribution in [2.45, 2.75) is 11.1 Å². The smallest absolute Gasteiger partial charge is 0.420 e. The first-order valence-corrected chi connectivity index (χ1v) is 5.66. The molecule has 0 aliphatic carbocycles. The van der Waals surface area contributed by atoms with E-state index in [4.69, 9.17) is 5.11 Å². The SMILES string of the molecule is CS(=O)(=O)c1c[nH]c(C(=O)O)c1C(F)(F)F. The van der Waals surface area contributed by atoms with Crippen molar-refractivity contribution in [1.29, 1.82) is 0 Å². The molecule has 0 saturated heterocycles. The molecule has 0 bridgehead atoms. The van der Waals surface area contributed by atoms with Crippen molar-refractivity contribution < 1.29 is 31.5 Å². The van der Waals surface area contributed by atoms with Crippen molar-refractivity contribution in [3.63, 3.8) is 0 Å². The number of carbonyl (C=O) groups is 1. The number of carboxylic acid groups (broad SMARTS) is 1. The summed E-state index contributed by atoms with van der Waals surface area (Å²) in [5.74, 6) is -1.87. The van der Waals surface area contributed by atoms with Crippen LogP contribution in [0.5, 0.6) is 0 Å². The first-order valence-electron chi connectivity index (χ1n) is 3.77. The fourth-order valence-corrected chi connectivity index (χ4v) is 2.01. The molecule has 1 rings (SSSR count). The Kier molecular flexibility index (Phi) is 2.75. The predicted molar refractivity (Wildman–Crippen MR) is 45.9 cm³/mol. The highest BCUT2D eigenvalue weighted by Crippen LogP contribution is 2.36. The standard InChI is InChI=1S/C7H6F3NO4S/c1-16(14,15)3-2-11-5(6(12)13)4(3)7(8,9)10/h2,11H,1H3,(H,12,13). The van der Waals surface area contributed by atoms with E-state index < -0.39 is 38.1 Å². The monoisotopic (exact) mass is 257 g/mol. The average molecular weight is 257 g/mol. The van der Waals surface area contributed by atoms with E-state index in [9.17, 15) is 26.4 Å². The molecule has 0 fully saturated rings. The molecule has 0 spiro atoms. The summed E-state index contributed by atoms with van der Waals surface area (Å²) in [6.07, 6.45) is -3.97. The van der Waals surface area contributed by atoms with Crippen LogP contribution in [0.15, 0.2) is 11.1 Å². The Balaban J connectivity index is 3.63. The number of sulfone groups is 1. The molecule has 1 aromatic heterocycles. The maximum absolute atomic E-state index is 12.5. The van der Waals surface area contributed by atoms with Crippen molar-refractivity contribution in [2.24, 2.45) is 0 Å². The topological polar surface area (TPSA) is 87.2 Å². The van der Waals surface area contributed by atoms with E-state index in [0.29, 0.717) is 12.5 Å². The predicted octanol–water partition coefficient (Wildman–Crippen LogP) is 1.14. The molecule has 1 heterocycles. The molecule has 0 unspecified atom stereocenters. The summed E-state index contributed by atoms with van der Waals surface area (Å²) in [6.45, 7) is 0. The molecule has 0 aliphatic heterocycles. The Bertz CT molecular complexity index is 528. The normalized spacial score (nSPS) is 12.8. The van der Waals surface area contributed by atoms with Crippen LogP contribution >= 0.6 is 0 Å². The third-order valence-corrected chi connectivity index (χ3v) is 2.86. The number of H-pyrrole nitrogens is 1. The van der Waals surface area contributed by atoms with E-state index in [2.05, 4.69) is 0 Å². The van der Waals surface area contributed by atoms with Gasteiger partial charge in [-0.2, -0.15) is 13.2 Å². The third-order valence-electron chi connectivity index (χ3n) is 1.74. The van der Waals surface area contributed by atoms with Crippen LogP contribution in [-0.4, -0.2) is 30.7 Å². The highest BCUT2D eigenvalue weighted by molar-refractivity contribution is 7.90. The lowest BCUT2D eigenvalue weighted by Crippen LogP contribution is -2.15. The summed E-state index contributed by atoms with van der Waals surface area (Å²) in [4.78, 5) is 11.2. The Morgan fingerprint density at radius 1 is 1.44 bits per heavy atom. The van der Waals surface area contributed by atoms with Gasteiger partial charge in [0.25, 0.3) is 0 Å². The van der Waals surface area contributed by atoms with Crippen LogP contribution in [-0.2, 0) is 16.0 Å². The van der Waals surface area contributed by atoms with Crippen LogP contribution in [0, 0.1) is 0 Å². The fourth-order valence-electron chi connectivity index (χ4n) is 1.15. The van der Waals surface area contributed by atoms with E-state index in [-0.39, 0.29) is 0 Å². The van der Waals surface area contributed by atoms with Gasteiger partial charge in [-0.25, -0.2) is 13.2 Å². The van der Waals surface area contributed by atoms with Gasteiger partial charge in [-0.1, -0.05) is 0 Å². The van der Waals surface area contributed by atoms with Crippen LogP contribution in [0.1, 0.15) is 16.1 Å². The van der Waals surface area contributed by atoms with Gasteiger partial charge in [-0.15, -0.1) is 0 Å². The number of aromatic amines is 1. The molecule has 2 N–H and O–H groups in total. The lowest BCUT2D eigenvalue weighted by molar-refractivity contribution is -0.140. The van der Waals surface area contributed by atoms with Gasteiger partial charge in [0.1, 0.15) is 11.3 Å². The van der Waals surface area contributed by atoms with Gasteiger partial charge in [0, 0.05) is 12.5 Å². The second-order valence-electron chi connectivity index (χ2n) is 2.98. The lowest BCUT2D eigenvalue weighted by atomic mass is 10.2. The Morgan fingerprint density at radius 2 is 1.94 bits per heavy atom. The number of hydrogen-bond acceptors (Lipinski definition) is 3. The van der Waals surface area contributed by atoms with Crippen molar-refractivity contribution in [1.82, 2.24) is 4.98 Å². The minimum atomic E-state index is -5.05. The number of aromatic carboxylic acids is 1. The molecule has 0 saturated carbocycles. The maximum atomic E-state index is 12.5. The van der Waals surface area contributed by atoms with Gasteiger partial charge in [-0.3, -0.25) is 0 Å². The highest BCUT2D eigenvalue weighted by Gasteiger charge is 2.42. The van der Waals surface area contributed by atoms with E-state index in [0.717, 1.165) is 0 Å². The first-order chi connectivity index (χ1) is 7.05. The number of hydrogen-bond donors (Lipinski definition) is 2. The van der Waals surface area contributed by atoms with Crippen molar-refractivity contribution in [3.05, 3.63) is 17.5 Å². The minimum Gasteiger partial charge on any atom is -0.477 e. The molecule has 0 radical (unpaired) electrons. The number of carboxylic acids is 1. The molecule has 1 aromatic rings. The third kappa shape index (κ3) is 2.18. The molecular formula is C7H6F3NO4S. The summed E-state index contributed by atoms with van der Waals surface area (Å²) >= 11 is 0. The Labute approximate surface area is 87.8 Å². The van der Waals surface area contributed by atoms with Crippen molar-refractivity contribution in [2.75, 3.05) is 6.26 Å². The number of aromatic nitrogens is 1. The van der Waals surface area contributed by atoms with Gasteiger partial charge in [0.15, 0.2) is 9.84 Å². The number of nitrogens with one attached hydrogen (secondary N) is 1. The van der Waals surface area contributed by atoms with Gasteiger partial charge in [0.05, 0.1) is 4.90 Å². The molecular weight excluding hydrogens is 251 g/mol. The van der Waals surface area contributed by atoms with Gasteiger partial charge in [-0.05, 0) is 0 Å². The summed E-state index contributed by atoms with van der Waals surface area (Å²) in [5.41, 5.74) is -2.87. The zero-order chi connectivity index (χ0) is 12.7. The molecule has 9 heteroatoms. The molecule has 90 valence electrons. The van der Waals surface area contributed by atoms with Crippen LogP contribution in [0.4, 0.5) is 13.2 Å². The van der Waals surface area contributed by atoms with Crippen LogP contribution < -0.4 is 0 Å². The summed E-state index contributed by atoms with van der Waals surface area (Å²) < 4.78 is 59.5. The molecule has 0 amide bonds. The molecule has 0 atom stereocenters. The fraction of sp³-hybridized carbons (Fsp3) is 0.286. The summed E-state index contributed by atoms with van der Waals surface area (Å²) in [7, 11) is -4.14. The zero-order valence-corrected chi connectivity index (χ0v) is 8.61. The van der Waals surface area contributed by atoms with E-state index in [1.165, 1.54) is 0 Å². The number of halogens is 3. The molecule has 5 nitrogen and oxygen atoms in total. The Morgan fingerprint density at radius 3 is 2.25 bits per heavy atom. The average Bonchev–Trinajstić information content (AvgIpc) is 2.43. The van der Waals surface area contributed by atoms with E-state index in [1.807, 2.05) is 0 Å². The number of alkyl halides is 3.